The molecule has 0 aliphatic carbocycles. The van der Waals surface area contributed by atoms with E-state index in [2.05, 4.69) is 17.6 Å². The van der Waals surface area contributed by atoms with Crippen LogP contribution in [0.3, 0.4) is 0 Å². The lowest BCUT2D eigenvalue weighted by Crippen LogP contribution is -2.39. The largest absolute Gasteiger partial charge is 0.376 e. The highest BCUT2D eigenvalue weighted by Gasteiger charge is 2.19. The fourth-order valence-corrected chi connectivity index (χ4v) is 1.82. The number of ether oxygens (including phenoxy) is 2. The summed E-state index contributed by atoms with van der Waals surface area (Å²) in [6, 6.07) is 0. The van der Waals surface area contributed by atoms with Gasteiger partial charge in [0.2, 0.25) is 5.91 Å². The van der Waals surface area contributed by atoms with Crippen molar-refractivity contribution in [2.75, 3.05) is 32.8 Å². The van der Waals surface area contributed by atoms with Crippen LogP contribution in [0.15, 0.2) is 0 Å². The maximum atomic E-state index is 11.7. The lowest BCUT2D eigenvalue weighted by atomic mass is 10.2. The molecule has 6 heteroatoms. The van der Waals surface area contributed by atoms with Crippen LogP contribution in [0.2, 0.25) is 0 Å². The zero-order chi connectivity index (χ0) is 13.2. The average Bonchev–Trinajstić information content (AvgIpc) is 2.88. The van der Waals surface area contributed by atoms with Gasteiger partial charge in [0.25, 0.3) is 0 Å². The molecule has 0 bridgehead atoms. The molecule has 1 rings (SSSR count). The zero-order valence-electron chi connectivity index (χ0n) is 11.9. The highest BCUT2D eigenvalue weighted by atomic mass is 35.5. The minimum atomic E-state index is -0.402. The second-order valence-corrected chi connectivity index (χ2v) is 4.65. The fraction of sp³-hybridized carbons (Fsp3) is 0.923. The molecule has 0 aromatic heterocycles. The maximum Gasteiger partial charge on any atom is 0.248 e. The second-order valence-electron chi connectivity index (χ2n) is 4.65. The van der Waals surface area contributed by atoms with Crippen LogP contribution in [-0.2, 0) is 14.3 Å². The first-order chi connectivity index (χ1) is 8.74. The molecule has 0 aromatic rings. The summed E-state index contributed by atoms with van der Waals surface area (Å²) in [5, 5.41) is 6.08. The first-order valence-corrected chi connectivity index (χ1v) is 6.95. The molecule has 1 amide bonds. The van der Waals surface area contributed by atoms with Crippen LogP contribution in [0, 0.1) is 0 Å². The standard InChI is InChI=1S/C13H26N2O3.ClH/c1-3-6-14-7-8-15-13(16)11(2)18-10-12-5-4-9-17-12;/h11-12,14H,3-10H2,1-2H3,(H,15,16);1H. The van der Waals surface area contributed by atoms with Crippen LogP contribution in [-0.4, -0.2) is 51.0 Å². The van der Waals surface area contributed by atoms with Crippen molar-refractivity contribution in [3.8, 4) is 0 Å². The summed E-state index contributed by atoms with van der Waals surface area (Å²) in [6.07, 6.45) is 3.01. The summed E-state index contributed by atoms with van der Waals surface area (Å²) in [5.74, 6) is -0.0497. The minimum absolute atomic E-state index is 0. The van der Waals surface area contributed by atoms with E-state index >= 15 is 0 Å². The van der Waals surface area contributed by atoms with E-state index < -0.39 is 6.10 Å². The Morgan fingerprint density at radius 3 is 2.84 bits per heavy atom. The quantitative estimate of drug-likeness (QED) is 0.626. The number of halogens is 1. The molecule has 1 saturated heterocycles. The molecule has 1 fully saturated rings. The molecule has 0 aromatic carbocycles. The van der Waals surface area contributed by atoms with E-state index in [1.165, 1.54) is 0 Å². The third kappa shape index (κ3) is 8.42. The molecule has 0 spiro atoms. The van der Waals surface area contributed by atoms with Gasteiger partial charge in [0.05, 0.1) is 12.7 Å². The summed E-state index contributed by atoms with van der Waals surface area (Å²) < 4.78 is 11.0. The number of carbonyl (C=O) groups excluding carboxylic acids is 1. The molecule has 0 radical (unpaired) electrons. The van der Waals surface area contributed by atoms with Crippen molar-refractivity contribution < 1.29 is 14.3 Å². The number of nitrogens with one attached hydrogen (secondary N) is 2. The van der Waals surface area contributed by atoms with Gasteiger partial charge in [-0.2, -0.15) is 0 Å². The monoisotopic (exact) mass is 294 g/mol. The van der Waals surface area contributed by atoms with E-state index in [4.69, 9.17) is 9.47 Å². The topological polar surface area (TPSA) is 59.6 Å². The van der Waals surface area contributed by atoms with Crippen LogP contribution in [0.5, 0.6) is 0 Å². The normalized spacial score (nSPS) is 19.8. The number of rotatable bonds is 9. The Balaban J connectivity index is 0.00000324. The Kier molecular flexibility index (Phi) is 11.2. The third-order valence-electron chi connectivity index (χ3n) is 2.95. The number of hydrogen-bond donors (Lipinski definition) is 2. The van der Waals surface area contributed by atoms with Gasteiger partial charge in [-0.1, -0.05) is 6.92 Å². The zero-order valence-corrected chi connectivity index (χ0v) is 12.8. The van der Waals surface area contributed by atoms with Crippen molar-refractivity contribution in [2.45, 2.75) is 45.3 Å². The Labute approximate surface area is 122 Å². The second kappa shape index (κ2) is 11.5. The predicted octanol–water partition coefficient (Wildman–Crippen LogP) is 1.11. The molecule has 1 aliphatic heterocycles. The van der Waals surface area contributed by atoms with Crippen molar-refractivity contribution in [3.63, 3.8) is 0 Å². The molecule has 1 aliphatic rings. The molecule has 0 saturated carbocycles. The van der Waals surface area contributed by atoms with E-state index in [0.717, 1.165) is 39.0 Å². The first kappa shape index (κ1) is 18.6. The minimum Gasteiger partial charge on any atom is -0.376 e. The van der Waals surface area contributed by atoms with Gasteiger partial charge < -0.3 is 20.1 Å². The highest BCUT2D eigenvalue weighted by Crippen LogP contribution is 2.12. The molecule has 19 heavy (non-hydrogen) atoms. The Hall–Kier alpha value is -0.360. The summed E-state index contributed by atoms with van der Waals surface area (Å²) in [5.41, 5.74) is 0. The predicted molar refractivity (Wildman–Crippen MR) is 77.8 cm³/mol. The maximum absolute atomic E-state index is 11.7. The number of hydrogen-bond acceptors (Lipinski definition) is 4. The van der Waals surface area contributed by atoms with Gasteiger partial charge in [-0.05, 0) is 32.7 Å². The van der Waals surface area contributed by atoms with Gasteiger partial charge in [0, 0.05) is 19.7 Å². The molecular formula is C13H27ClN2O3. The van der Waals surface area contributed by atoms with Gasteiger partial charge in [0.1, 0.15) is 6.10 Å². The van der Waals surface area contributed by atoms with E-state index in [1.807, 2.05) is 0 Å². The van der Waals surface area contributed by atoms with E-state index in [0.29, 0.717) is 13.2 Å². The van der Waals surface area contributed by atoms with Crippen molar-refractivity contribution in [2.24, 2.45) is 0 Å². The molecule has 114 valence electrons. The van der Waals surface area contributed by atoms with Gasteiger partial charge in [-0.15, -0.1) is 12.4 Å². The highest BCUT2D eigenvalue weighted by molar-refractivity contribution is 5.85. The molecule has 2 atom stereocenters. The summed E-state index contributed by atoms with van der Waals surface area (Å²) >= 11 is 0. The molecule has 1 heterocycles. The van der Waals surface area contributed by atoms with Gasteiger partial charge in [-0.3, -0.25) is 4.79 Å². The van der Waals surface area contributed by atoms with Gasteiger partial charge in [0.15, 0.2) is 0 Å². The van der Waals surface area contributed by atoms with Crippen LogP contribution < -0.4 is 10.6 Å². The van der Waals surface area contributed by atoms with Crippen LogP contribution in [0.4, 0.5) is 0 Å². The SMILES string of the molecule is CCCNCCNC(=O)C(C)OCC1CCCO1.Cl. The summed E-state index contributed by atoms with van der Waals surface area (Å²) in [7, 11) is 0. The number of amides is 1. The van der Waals surface area contributed by atoms with Crippen molar-refractivity contribution in [1.82, 2.24) is 10.6 Å². The Morgan fingerprint density at radius 1 is 1.42 bits per heavy atom. The molecule has 2 N–H and O–H groups in total. The van der Waals surface area contributed by atoms with E-state index in [1.54, 1.807) is 6.92 Å². The Morgan fingerprint density at radius 2 is 2.21 bits per heavy atom. The Bertz CT molecular complexity index is 236. The smallest absolute Gasteiger partial charge is 0.248 e. The van der Waals surface area contributed by atoms with Crippen LogP contribution in [0.25, 0.3) is 0 Å². The van der Waals surface area contributed by atoms with Crippen molar-refractivity contribution in [1.29, 1.82) is 0 Å². The number of carbonyl (C=O) groups is 1. The average molecular weight is 295 g/mol. The summed E-state index contributed by atoms with van der Waals surface area (Å²) in [6.45, 7) is 7.67. The van der Waals surface area contributed by atoms with Crippen LogP contribution >= 0.6 is 12.4 Å². The van der Waals surface area contributed by atoms with E-state index in [9.17, 15) is 4.79 Å². The lowest BCUT2D eigenvalue weighted by Gasteiger charge is -2.16. The molecular weight excluding hydrogens is 268 g/mol. The molecule has 5 nitrogen and oxygen atoms in total. The molecule has 2 unspecified atom stereocenters. The van der Waals surface area contributed by atoms with Crippen molar-refractivity contribution >= 4 is 18.3 Å². The van der Waals surface area contributed by atoms with Crippen LogP contribution in [0.1, 0.15) is 33.1 Å². The lowest BCUT2D eigenvalue weighted by molar-refractivity contribution is -0.133. The van der Waals surface area contributed by atoms with E-state index in [-0.39, 0.29) is 24.4 Å². The summed E-state index contributed by atoms with van der Waals surface area (Å²) in [4.78, 5) is 11.7. The van der Waals surface area contributed by atoms with Gasteiger partial charge >= 0.3 is 0 Å². The fourth-order valence-electron chi connectivity index (χ4n) is 1.82. The van der Waals surface area contributed by atoms with Crippen molar-refractivity contribution in [3.05, 3.63) is 0 Å². The van der Waals surface area contributed by atoms with Gasteiger partial charge in [-0.25, -0.2) is 0 Å². The third-order valence-corrected chi connectivity index (χ3v) is 2.95. The first-order valence-electron chi connectivity index (χ1n) is 6.95.